The summed E-state index contributed by atoms with van der Waals surface area (Å²) in [5.41, 5.74) is 10.3. The van der Waals surface area contributed by atoms with Crippen LogP contribution in [0.3, 0.4) is 0 Å². The van der Waals surface area contributed by atoms with Crippen molar-refractivity contribution in [1.29, 1.82) is 0 Å². The summed E-state index contributed by atoms with van der Waals surface area (Å²) in [5, 5.41) is 8.88. The third-order valence-electron chi connectivity index (χ3n) is 8.45. The van der Waals surface area contributed by atoms with Gasteiger partial charge in [0.05, 0.1) is 0 Å². The lowest BCUT2D eigenvalue weighted by Gasteiger charge is -2.57. The van der Waals surface area contributed by atoms with Gasteiger partial charge in [0, 0.05) is 11.6 Å². The third-order valence-corrected chi connectivity index (χ3v) is 8.45. The van der Waals surface area contributed by atoms with Crippen LogP contribution in [-0.4, -0.2) is 23.1 Å². The first-order chi connectivity index (χ1) is 16.7. The van der Waals surface area contributed by atoms with Gasteiger partial charge in [-0.05, 0) is 103 Å². The second-order valence-corrected chi connectivity index (χ2v) is 11.4. The van der Waals surface area contributed by atoms with Crippen molar-refractivity contribution in [2.75, 3.05) is 0 Å². The second-order valence-electron chi connectivity index (χ2n) is 11.4. The molecule has 6 rings (SSSR count). The lowest BCUT2D eigenvalue weighted by atomic mass is 9.48. The van der Waals surface area contributed by atoms with Gasteiger partial charge in [-0.2, -0.15) is 0 Å². The highest BCUT2D eigenvalue weighted by Gasteiger charge is 2.52. The number of hydrogen-bond acceptors (Lipinski definition) is 4. The Bertz CT molecular complexity index is 1110. The minimum atomic E-state index is -0.961. The van der Waals surface area contributed by atoms with Gasteiger partial charge in [-0.15, -0.1) is 0 Å². The summed E-state index contributed by atoms with van der Waals surface area (Å²) in [4.78, 5) is 23.7. The van der Waals surface area contributed by atoms with Crippen LogP contribution in [0.5, 0.6) is 5.75 Å². The van der Waals surface area contributed by atoms with E-state index in [0.717, 1.165) is 46.1 Å². The van der Waals surface area contributed by atoms with Crippen molar-refractivity contribution in [3.8, 4) is 16.9 Å². The highest BCUT2D eigenvalue weighted by Crippen LogP contribution is 2.62. The summed E-state index contributed by atoms with van der Waals surface area (Å²) in [7, 11) is 0. The fraction of sp³-hybridized carbons (Fsp3) is 0.467. The molecule has 4 aliphatic carbocycles. The van der Waals surface area contributed by atoms with E-state index in [2.05, 4.69) is 6.07 Å². The number of benzene rings is 2. The van der Waals surface area contributed by atoms with Crippen LogP contribution in [0, 0.1) is 23.7 Å². The maximum absolute atomic E-state index is 12.8. The predicted octanol–water partition coefficient (Wildman–Crippen LogP) is 5.81. The van der Waals surface area contributed by atoms with E-state index in [9.17, 15) is 9.59 Å². The van der Waals surface area contributed by atoms with Gasteiger partial charge in [0.1, 0.15) is 11.8 Å². The summed E-state index contributed by atoms with van der Waals surface area (Å²) in [6.45, 7) is 3.87. The second kappa shape index (κ2) is 9.27. The lowest BCUT2D eigenvalue weighted by molar-refractivity contribution is -0.137. The minimum absolute atomic E-state index is 0.0125. The van der Waals surface area contributed by atoms with Crippen LogP contribution in [0.2, 0.25) is 0 Å². The van der Waals surface area contributed by atoms with Crippen molar-refractivity contribution in [3.63, 3.8) is 0 Å². The lowest BCUT2D eigenvalue weighted by Crippen LogP contribution is -2.49. The Balaban J connectivity index is 1.52. The molecule has 0 aromatic heterocycles. The van der Waals surface area contributed by atoms with E-state index < -0.39 is 12.0 Å². The molecule has 2 aromatic carbocycles. The summed E-state index contributed by atoms with van der Waals surface area (Å²) in [6, 6.07) is 13.4. The Kier molecular flexibility index (Phi) is 6.30. The molecule has 184 valence electrons. The average Bonchev–Trinajstić information content (AvgIpc) is 2.82. The zero-order chi connectivity index (χ0) is 24.7. The molecular weight excluding hydrogens is 438 g/mol. The van der Waals surface area contributed by atoms with Gasteiger partial charge in [0.2, 0.25) is 0 Å². The number of rotatable bonds is 7. The number of ether oxygens (including phenoxy) is 1. The van der Waals surface area contributed by atoms with Crippen LogP contribution in [0.1, 0.15) is 63.5 Å². The van der Waals surface area contributed by atoms with Crippen molar-refractivity contribution in [3.05, 3.63) is 59.7 Å². The molecule has 0 unspecified atom stereocenters. The highest BCUT2D eigenvalue weighted by atomic mass is 16.5. The number of carboxylic acid groups (broad SMARTS) is 1. The van der Waals surface area contributed by atoms with Crippen molar-refractivity contribution in [1.82, 2.24) is 0 Å². The first kappa shape index (κ1) is 23.8. The summed E-state index contributed by atoms with van der Waals surface area (Å²) in [5.74, 6) is 1.66. The number of nitrogens with two attached hydrogens (primary N) is 1. The summed E-state index contributed by atoms with van der Waals surface area (Å²) >= 11 is 0. The monoisotopic (exact) mass is 473 g/mol. The average molecular weight is 474 g/mol. The highest BCUT2D eigenvalue weighted by molar-refractivity contribution is 5.85. The number of esters is 1. The van der Waals surface area contributed by atoms with Crippen molar-refractivity contribution >= 4 is 18.0 Å². The Morgan fingerprint density at radius 3 is 2.09 bits per heavy atom. The molecule has 4 fully saturated rings. The van der Waals surface area contributed by atoms with Gasteiger partial charge in [-0.1, -0.05) is 44.2 Å². The quantitative estimate of drug-likeness (QED) is 0.301. The Labute approximate surface area is 207 Å². The van der Waals surface area contributed by atoms with Gasteiger partial charge in [0.25, 0.3) is 0 Å². The summed E-state index contributed by atoms with van der Waals surface area (Å²) in [6.07, 6.45) is 10.3. The van der Waals surface area contributed by atoms with Crippen LogP contribution in [0.4, 0.5) is 0 Å². The fourth-order valence-corrected chi connectivity index (χ4v) is 7.06. The molecule has 0 heterocycles. The standard InChI is InChI=1S/C30H35NO4/c1-18(2)28(31)29(34)35-26-9-8-24(23-6-3-19(4-7-23)5-10-27(32)33)14-25(26)30-15-20-11-21(16-30)13-22(12-20)17-30/h3-10,14,18,20-22,28H,11-13,15-17,31H2,1-2H3,(H,32,33)/b10-5+/t20?,21?,22?,28-,30?/m0/s1. The van der Waals surface area contributed by atoms with Crippen LogP contribution < -0.4 is 10.5 Å². The van der Waals surface area contributed by atoms with Gasteiger partial charge < -0.3 is 15.6 Å². The molecule has 0 spiro atoms. The van der Waals surface area contributed by atoms with E-state index in [0.29, 0.717) is 5.75 Å². The van der Waals surface area contributed by atoms with Gasteiger partial charge >= 0.3 is 11.9 Å². The van der Waals surface area contributed by atoms with E-state index in [4.69, 9.17) is 15.6 Å². The molecule has 4 bridgehead atoms. The Morgan fingerprint density at radius 1 is 0.971 bits per heavy atom. The van der Waals surface area contributed by atoms with E-state index in [1.165, 1.54) is 38.5 Å². The number of hydrogen-bond donors (Lipinski definition) is 2. The molecule has 4 aliphatic rings. The molecule has 4 saturated carbocycles. The first-order valence-electron chi connectivity index (χ1n) is 12.9. The Morgan fingerprint density at radius 2 is 1.54 bits per heavy atom. The maximum Gasteiger partial charge on any atom is 0.328 e. The molecule has 3 N–H and O–H groups in total. The van der Waals surface area contributed by atoms with E-state index >= 15 is 0 Å². The molecule has 5 heteroatoms. The Hall–Kier alpha value is -2.92. The predicted molar refractivity (Wildman–Crippen MR) is 137 cm³/mol. The number of carbonyl (C=O) groups is 2. The normalized spacial score (nSPS) is 27.9. The molecule has 2 aromatic rings. The summed E-state index contributed by atoms with van der Waals surface area (Å²) < 4.78 is 5.99. The number of carbonyl (C=O) groups excluding carboxylic acids is 1. The fourth-order valence-electron chi connectivity index (χ4n) is 7.06. The SMILES string of the molecule is CC(C)[C@H](N)C(=O)Oc1ccc(-c2ccc(/C=C/C(=O)O)cc2)cc1C12CC3CC(CC(C3)C1)C2. The molecule has 0 aliphatic heterocycles. The van der Waals surface area contributed by atoms with Crippen molar-refractivity contribution in [2.45, 2.75) is 63.8 Å². The molecule has 0 saturated heterocycles. The molecule has 35 heavy (non-hydrogen) atoms. The van der Waals surface area contributed by atoms with Crippen LogP contribution in [-0.2, 0) is 15.0 Å². The van der Waals surface area contributed by atoms with E-state index in [1.54, 1.807) is 6.08 Å². The minimum Gasteiger partial charge on any atom is -0.478 e. The van der Waals surface area contributed by atoms with Crippen LogP contribution in [0.15, 0.2) is 48.5 Å². The third kappa shape index (κ3) is 4.79. The zero-order valence-electron chi connectivity index (χ0n) is 20.6. The van der Waals surface area contributed by atoms with Gasteiger partial charge in [-0.3, -0.25) is 0 Å². The molecule has 0 amide bonds. The van der Waals surface area contributed by atoms with Crippen molar-refractivity contribution in [2.24, 2.45) is 29.4 Å². The largest absolute Gasteiger partial charge is 0.478 e. The zero-order valence-corrected chi connectivity index (χ0v) is 20.6. The molecule has 1 atom stereocenters. The number of aliphatic carboxylic acids is 1. The smallest absolute Gasteiger partial charge is 0.328 e. The van der Waals surface area contributed by atoms with Gasteiger partial charge in [-0.25, -0.2) is 9.59 Å². The van der Waals surface area contributed by atoms with Crippen molar-refractivity contribution < 1.29 is 19.4 Å². The topological polar surface area (TPSA) is 89.6 Å². The van der Waals surface area contributed by atoms with E-state index in [1.807, 2.05) is 50.2 Å². The van der Waals surface area contributed by atoms with E-state index in [-0.39, 0.29) is 17.3 Å². The van der Waals surface area contributed by atoms with Crippen LogP contribution >= 0.6 is 0 Å². The van der Waals surface area contributed by atoms with Crippen LogP contribution in [0.25, 0.3) is 17.2 Å². The van der Waals surface area contributed by atoms with Gasteiger partial charge in [0.15, 0.2) is 0 Å². The molecular formula is C30H35NO4. The molecule has 5 nitrogen and oxygen atoms in total. The molecule has 0 radical (unpaired) electrons. The maximum atomic E-state index is 12.8. The number of carboxylic acids is 1. The first-order valence-corrected chi connectivity index (χ1v) is 12.9.